The van der Waals surface area contributed by atoms with E-state index in [9.17, 15) is 4.79 Å². The van der Waals surface area contributed by atoms with Crippen molar-refractivity contribution < 1.29 is 9.32 Å². The molecule has 0 unspecified atom stereocenters. The van der Waals surface area contributed by atoms with Crippen molar-refractivity contribution in [1.29, 1.82) is 0 Å². The van der Waals surface area contributed by atoms with Crippen LogP contribution in [0.4, 0.5) is 10.6 Å². The largest absolute Gasteiger partial charge is 0.360 e. The van der Waals surface area contributed by atoms with Crippen LogP contribution in [0.15, 0.2) is 40.9 Å². The zero-order chi connectivity index (χ0) is 17.8. The minimum absolute atomic E-state index is 0.137. The number of aromatic nitrogens is 1. The second kappa shape index (κ2) is 7.70. The van der Waals surface area contributed by atoms with E-state index in [1.165, 1.54) is 5.56 Å². The van der Waals surface area contributed by atoms with Crippen LogP contribution in [0.25, 0.3) is 0 Å². The Kier molecular flexibility index (Phi) is 5.38. The molecule has 0 radical (unpaired) electrons. The van der Waals surface area contributed by atoms with Gasteiger partial charge in [0.2, 0.25) is 0 Å². The Hall–Kier alpha value is -2.34. The zero-order valence-corrected chi connectivity index (χ0v) is 15.1. The molecule has 6 heteroatoms. The van der Waals surface area contributed by atoms with E-state index >= 15 is 0 Å². The van der Waals surface area contributed by atoms with Crippen molar-refractivity contribution in [3.8, 4) is 0 Å². The van der Waals surface area contributed by atoms with Gasteiger partial charge in [0, 0.05) is 38.8 Å². The minimum atomic E-state index is -0.137. The van der Waals surface area contributed by atoms with Gasteiger partial charge in [-0.3, -0.25) is 10.2 Å². The van der Waals surface area contributed by atoms with Crippen molar-refractivity contribution >= 4 is 11.8 Å². The number of nitrogens with zero attached hydrogens (tertiary/aromatic N) is 3. The maximum Gasteiger partial charge on any atom is 0.323 e. The summed E-state index contributed by atoms with van der Waals surface area (Å²) in [7, 11) is 1.86. The Morgan fingerprint density at radius 1 is 1.40 bits per heavy atom. The van der Waals surface area contributed by atoms with E-state index in [0.29, 0.717) is 17.5 Å². The number of urea groups is 1. The molecule has 0 saturated carbocycles. The summed E-state index contributed by atoms with van der Waals surface area (Å²) in [5, 5.41) is 6.62. The van der Waals surface area contributed by atoms with Crippen LogP contribution in [0.5, 0.6) is 0 Å². The quantitative estimate of drug-likeness (QED) is 0.925. The molecule has 0 spiro atoms. The van der Waals surface area contributed by atoms with Gasteiger partial charge in [-0.15, -0.1) is 0 Å². The molecule has 1 saturated heterocycles. The molecule has 2 atom stereocenters. The van der Waals surface area contributed by atoms with Crippen LogP contribution >= 0.6 is 0 Å². The van der Waals surface area contributed by atoms with E-state index in [1.54, 1.807) is 17.9 Å². The Morgan fingerprint density at radius 2 is 2.16 bits per heavy atom. The standard InChI is InChI=1S/C19H26N4O2/c1-14-12-23(13-16-7-5-4-6-8-16)10-9-17(14)22(3)19(24)20-18-11-15(2)25-21-18/h4-8,11,14,17H,9-10,12-13H2,1-3H3,(H,20,21,24)/t14-,17-/m0/s1. The highest BCUT2D eigenvalue weighted by molar-refractivity contribution is 5.88. The fourth-order valence-electron chi connectivity index (χ4n) is 3.55. The van der Waals surface area contributed by atoms with E-state index in [1.807, 2.05) is 13.1 Å². The second-order valence-corrected chi connectivity index (χ2v) is 6.92. The number of carbonyl (C=O) groups is 1. The number of carbonyl (C=O) groups excluding carboxylic acids is 1. The van der Waals surface area contributed by atoms with Crippen molar-refractivity contribution in [2.24, 2.45) is 5.92 Å². The molecule has 1 aromatic heterocycles. The summed E-state index contributed by atoms with van der Waals surface area (Å²) < 4.78 is 4.99. The maximum atomic E-state index is 12.5. The van der Waals surface area contributed by atoms with E-state index in [0.717, 1.165) is 26.1 Å². The van der Waals surface area contributed by atoms with E-state index in [4.69, 9.17) is 4.52 Å². The van der Waals surface area contributed by atoms with Crippen molar-refractivity contribution in [1.82, 2.24) is 15.0 Å². The van der Waals surface area contributed by atoms with Gasteiger partial charge in [0.15, 0.2) is 5.82 Å². The Labute approximate surface area is 148 Å². The summed E-state index contributed by atoms with van der Waals surface area (Å²) in [4.78, 5) is 16.7. The monoisotopic (exact) mass is 342 g/mol. The second-order valence-electron chi connectivity index (χ2n) is 6.92. The summed E-state index contributed by atoms with van der Waals surface area (Å²) in [6, 6.07) is 12.3. The first kappa shape index (κ1) is 17.5. The van der Waals surface area contributed by atoms with Gasteiger partial charge in [-0.25, -0.2) is 4.79 Å². The summed E-state index contributed by atoms with van der Waals surface area (Å²) in [6.45, 7) is 6.96. The van der Waals surface area contributed by atoms with E-state index < -0.39 is 0 Å². The van der Waals surface area contributed by atoms with Crippen LogP contribution in [-0.4, -0.2) is 47.2 Å². The molecule has 25 heavy (non-hydrogen) atoms. The fourth-order valence-corrected chi connectivity index (χ4v) is 3.55. The van der Waals surface area contributed by atoms with Gasteiger partial charge in [0.1, 0.15) is 5.76 Å². The van der Waals surface area contributed by atoms with Crippen LogP contribution in [0.1, 0.15) is 24.7 Å². The highest BCUT2D eigenvalue weighted by Gasteiger charge is 2.31. The molecule has 2 aromatic rings. The molecule has 0 aliphatic carbocycles. The summed E-state index contributed by atoms with van der Waals surface area (Å²) in [5.74, 6) is 1.55. The lowest BCUT2D eigenvalue weighted by atomic mass is 9.92. The van der Waals surface area contributed by atoms with Gasteiger partial charge in [0.05, 0.1) is 0 Å². The lowest BCUT2D eigenvalue weighted by Gasteiger charge is -2.41. The van der Waals surface area contributed by atoms with E-state index in [2.05, 4.69) is 46.6 Å². The Bertz CT molecular complexity index is 700. The SMILES string of the molecule is Cc1cc(NC(=O)N(C)[C@H]2CCN(Cc3ccccc3)C[C@@H]2C)no1. The fraction of sp³-hybridized carbons (Fsp3) is 0.474. The number of hydrogen-bond acceptors (Lipinski definition) is 4. The Balaban J connectivity index is 1.54. The van der Waals surface area contributed by atoms with Gasteiger partial charge >= 0.3 is 6.03 Å². The predicted molar refractivity (Wildman–Crippen MR) is 97.3 cm³/mol. The lowest BCUT2D eigenvalue weighted by Crippen LogP contribution is -2.51. The van der Waals surface area contributed by atoms with Crippen LogP contribution in [-0.2, 0) is 6.54 Å². The third-order valence-corrected chi connectivity index (χ3v) is 4.87. The summed E-state index contributed by atoms with van der Waals surface area (Å²) in [6.07, 6.45) is 0.968. The first-order chi connectivity index (χ1) is 12.0. The smallest absolute Gasteiger partial charge is 0.323 e. The van der Waals surface area contributed by atoms with Crippen molar-refractivity contribution in [3.63, 3.8) is 0 Å². The third kappa shape index (κ3) is 4.39. The summed E-state index contributed by atoms with van der Waals surface area (Å²) in [5.41, 5.74) is 1.33. The van der Waals surface area contributed by atoms with Crippen LogP contribution in [0, 0.1) is 12.8 Å². The van der Waals surface area contributed by atoms with Crippen molar-refractivity contribution in [3.05, 3.63) is 47.7 Å². The Morgan fingerprint density at radius 3 is 2.80 bits per heavy atom. The normalized spacial score (nSPS) is 21.1. The predicted octanol–water partition coefficient (Wildman–Crippen LogP) is 3.36. The molecular formula is C19H26N4O2. The number of likely N-dealkylation sites (tertiary alicyclic amines) is 1. The molecular weight excluding hydrogens is 316 g/mol. The van der Waals surface area contributed by atoms with Crippen molar-refractivity contribution in [2.45, 2.75) is 32.9 Å². The molecule has 134 valence electrons. The van der Waals surface area contributed by atoms with Crippen LogP contribution < -0.4 is 5.32 Å². The number of rotatable bonds is 4. The molecule has 2 heterocycles. The minimum Gasteiger partial charge on any atom is -0.360 e. The number of piperidine rings is 1. The summed E-state index contributed by atoms with van der Waals surface area (Å²) >= 11 is 0. The van der Waals surface area contributed by atoms with Crippen LogP contribution in [0.2, 0.25) is 0 Å². The van der Waals surface area contributed by atoms with Gasteiger partial charge in [-0.1, -0.05) is 42.4 Å². The molecule has 3 rings (SSSR count). The van der Waals surface area contributed by atoms with E-state index in [-0.39, 0.29) is 12.1 Å². The molecule has 2 amide bonds. The molecule has 1 N–H and O–H groups in total. The number of hydrogen-bond donors (Lipinski definition) is 1. The number of aryl methyl sites for hydroxylation is 1. The highest BCUT2D eigenvalue weighted by Crippen LogP contribution is 2.23. The molecule has 1 aromatic carbocycles. The third-order valence-electron chi connectivity index (χ3n) is 4.87. The average Bonchev–Trinajstić information content (AvgIpc) is 3.00. The zero-order valence-electron chi connectivity index (χ0n) is 15.1. The highest BCUT2D eigenvalue weighted by atomic mass is 16.5. The van der Waals surface area contributed by atoms with Crippen molar-refractivity contribution in [2.75, 3.05) is 25.5 Å². The van der Waals surface area contributed by atoms with Gasteiger partial charge < -0.3 is 9.42 Å². The first-order valence-electron chi connectivity index (χ1n) is 8.76. The van der Waals surface area contributed by atoms with Gasteiger partial charge in [0.25, 0.3) is 0 Å². The molecule has 1 aliphatic rings. The molecule has 1 aliphatic heterocycles. The van der Waals surface area contributed by atoms with Gasteiger partial charge in [-0.2, -0.15) is 0 Å². The first-order valence-corrected chi connectivity index (χ1v) is 8.76. The maximum absolute atomic E-state index is 12.5. The topological polar surface area (TPSA) is 61.6 Å². The molecule has 1 fully saturated rings. The molecule has 0 bridgehead atoms. The number of nitrogens with one attached hydrogen (secondary N) is 1. The number of amides is 2. The van der Waals surface area contributed by atoms with Crippen LogP contribution in [0.3, 0.4) is 0 Å². The lowest BCUT2D eigenvalue weighted by molar-refractivity contribution is 0.0933. The average molecular weight is 342 g/mol. The number of benzene rings is 1. The van der Waals surface area contributed by atoms with Gasteiger partial charge in [-0.05, 0) is 24.8 Å². The molecule has 6 nitrogen and oxygen atoms in total. The number of anilines is 1.